The van der Waals surface area contributed by atoms with Gasteiger partial charge in [0.2, 0.25) is 0 Å². The smallest absolute Gasteiger partial charge is 0.0571 e. The average molecular weight is 593 g/mol. The van der Waals surface area contributed by atoms with Gasteiger partial charge in [0.1, 0.15) is 0 Å². The zero-order valence-corrected chi connectivity index (χ0v) is 24.9. The lowest BCUT2D eigenvalue weighted by Gasteiger charge is -2.16. The highest BCUT2D eigenvalue weighted by Crippen LogP contribution is 2.40. The van der Waals surface area contributed by atoms with Crippen LogP contribution in [0.3, 0.4) is 0 Å². The fourth-order valence-corrected chi connectivity index (χ4v) is 8.20. The molecule has 10 aromatic rings. The highest BCUT2D eigenvalue weighted by Gasteiger charge is 2.18. The van der Waals surface area contributed by atoms with Gasteiger partial charge in [0.05, 0.1) is 22.1 Å². The lowest BCUT2D eigenvalue weighted by molar-refractivity contribution is 1.13. The Bertz CT molecular complexity index is 2540. The van der Waals surface area contributed by atoms with Crippen molar-refractivity contribution in [2.45, 2.75) is 0 Å². The van der Waals surface area contributed by atoms with Crippen LogP contribution in [0.4, 0.5) is 0 Å². The molecule has 0 aliphatic rings. The maximum Gasteiger partial charge on any atom is 0.0571 e. The number of hydrogen-bond donors (Lipinski definition) is 0. The zero-order chi connectivity index (χ0) is 29.5. The first kappa shape index (κ1) is 24.6. The van der Waals surface area contributed by atoms with E-state index in [9.17, 15) is 0 Å². The van der Waals surface area contributed by atoms with E-state index in [4.69, 9.17) is 0 Å². The Morgan fingerprint density at radius 3 is 1.58 bits per heavy atom. The summed E-state index contributed by atoms with van der Waals surface area (Å²) in [5.41, 5.74) is 9.17. The van der Waals surface area contributed by atoms with Crippen LogP contribution < -0.4 is 0 Å². The summed E-state index contributed by atoms with van der Waals surface area (Å²) in [5, 5.41) is 7.29. The molecule has 0 fully saturated rings. The first-order valence-electron chi connectivity index (χ1n) is 15.1. The molecule has 5 heteroatoms. The Balaban J connectivity index is 1.32. The molecular weight excluding hydrogens is 569 g/mol. The second-order valence-corrected chi connectivity index (χ2v) is 12.6. The van der Waals surface area contributed by atoms with Crippen LogP contribution >= 0.6 is 11.3 Å². The molecule has 0 radical (unpaired) electrons. The van der Waals surface area contributed by atoms with E-state index >= 15 is 0 Å². The number of thiophene rings is 1. The topological polar surface area (TPSA) is 35.6 Å². The van der Waals surface area contributed by atoms with E-state index in [1.54, 1.807) is 0 Å². The average Bonchev–Trinajstić information content (AvgIpc) is 3.75. The third kappa shape index (κ3) is 3.59. The summed E-state index contributed by atoms with van der Waals surface area (Å²) in [4.78, 5) is 8.98. The summed E-state index contributed by atoms with van der Waals surface area (Å²) in [6.07, 6.45) is 7.74. The van der Waals surface area contributed by atoms with Crippen molar-refractivity contribution in [3.05, 3.63) is 146 Å². The van der Waals surface area contributed by atoms with E-state index in [1.807, 2.05) is 36.1 Å². The third-order valence-electron chi connectivity index (χ3n) is 9.08. The highest BCUT2D eigenvalue weighted by atomic mass is 32.1. The van der Waals surface area contributed by atoms with Gasteiger partial charge in [-0.05, 0) is 71.8 Å². The van der Waals surface area contributed by atoms with Gasteiger partial charge in [-0.1, -0.05) is 60.7 Å². The molecule has 5 aromatic carbocycles. The largest absolute Gasteiger partial charge is 0.309 e. The number of rotatable bonds is 3. The maximum absolute atomic E-state index is 4.49. The number of aromatic nitrogens is 4. The van der Waals surface area contributed by atoms with Gasteiger partial charge >= 0.3 is 0 Å². The number of benzene rings is 5. The van der Waals surface area contributed by atoms with Gasteiger partial charge < -0.3 is 9.13 Å². The molecule has 5 aromatic heterocycles. The van der Waals surface area contributed by atoms with E-state index in [0.29, 0.717) is 0 Å². The normalized spacial score (nSPS) is 12.0. The Morgan fingerprint density at radius 2 is 0.933 bits per heavy atom. The van der Waals surface area contributed by atoms with Crippen molar-refractivity contribution < 1.29 is 0 Å². The fourth-order valence-electron chi connectivity index (χ4n) is 7.11. The van der Waals surface area contributed by atoms with Crippen LogP contribution in [0.15, 0.2) is 146 Å². The molecular formula is C40H24N4S. The second kappa shape index (κ2) is 9.36. The van der Waals surface area contributed by atoms with Gasteiger partial charge in [0, 0.05) is 77.9 Å². The minimum atomic E-state index is 1.11. The molecule has 4 nitrogen and oxygen atoms in total. The predicted octanol–water partition coefficient (Wildman–Crippen LogP) is 10.7. The molecule has 0 unspecified atom stereocenters. The van der Waals surface area contributed by atoms with E-state index < -0.39 is 0 Å². The van der Waals surface area contributed by atoms with Crippen molar-refractivity contribution in [2.24, 2.45) is 0 Å². The molecule has 0 bridgehead atoms. The Hall–Kier alpha value is -5.78. The molecule has 0 saturated carbocycles. The Morgan fingerprint density at radius 1 is 0.400 bits per heavy atom. The second-order valence-electron chi connectivity index (χ2n) is 11.5. The molecule has 210 valence electrons. The Labute approximate surface area is 262 Å². The SMILES string of the molecule is c1ccc2c(c1)sc1ccc(-c3cc(-n4c5ccccc5c5cnccc54)cc(-n4c5ccccc5c5cnccc54)c3)cc12. The molecule has 0 amide bonds. The minimum Gasteiger partial charge on any atom is -0.309 e. The van der Waals surface area contributed by atoms with E-state index in [1.165, 1.54) is 42.1 Å². The summed E-state index contributed by atoms with van der Waals surface area (Å²) in [6, 6.07) is 44.1. The van der Waals surface area contributed by atoms with Gasteiger partial charge in [0.15, 0.2) is 0 Å². The van der Waals surface area contributed by atoms with Crippen LogP contribution in [0.5, 0.6) is 0 Å². The molecule has 0 N–H and O–H groups in total. The van der Waals surface area contributed by atoms with Crippen molar-refractivity contribution in [1.82, 2.24) is 19.1 Å². The monoisotopic (exact) mass is 592 g/mol. The number of fused-ring (bicyclic) bond motifs is 9. The molecule has 5 heterocycles. The lowest BCUT2D eigenvalue weighted by Crippen LogP contribution is -2.00. The summed E-state index contributed by atoms with van der Waals surface area (Å²) in [5.74, 6) is 0. The number of hydrogen-bond acceptors (Lipinski definition) is 3. The third-order valence-corrected chi connectivity index (χ3v) is 10.2. The summed E-state index contributed by atoms with van der Waals surface area (Å²) >= 11 is 1.85. The summed E-state index contributed by atoms with van der Waals surface area (Å²) in [6.45, 7) is 0. The standard InChI is InChI=1S/C40H24N4S/c1-4-10-35-29(7-1)33-23-41-17-15-37(33)43(35)27-19-26(25-13-14-40-32(21-25)31-9-3-6-12-39(31)45-40)20-28(22-27)44-36-11-5-2-8-30(36)34-24-42-18-16-38(34)44/h1-24H. The minimum absolute atomic E-state index is 1.11. The van der Waals surface area contributed by atoms with Crippen LogP contribution in [0.2, 0.25) is 0 Å². The summed E-state index contributed by atoms with van der Waals surface area (Å²) in [7, 11) is 0. The van der Waals surface area contributed by atoms with E-state index in [-0.39, 0.29) is 0 Å². The van der Waals surface area contributed by atoms with Crippen molar-refractivity contribution in [3.8, 4) is 22.5 Å². The van der Waals surface area contributed by atoms with Crippen LogP contribution in [0.1, 0.15) is 0 Å². The first-order valence-corrected chi connectivity index (χ1v) is 15.9. The molecule has 0 spiro atoms. The molecule has 0 atom stereocenters. The fraction of sp³-hybridized carbons (Fsp3) is 0. The van der Waals surface area contributed by atoms with Crippen molar-refractivity contribution in [1.29, 1.82) is 0 Å². The van der Waals surface area contributed by atoms with Crippen LogP contribution in [0.25, 0.3) is 86.3 Å². The van der Waals surface area contributed by atoms with Crippen molar-refractivity contribution >= 4 is 75.1 Å². The van der Waals surface area contributed by atoms with Gasteiger partial charge in [-0.3, -0.25) is 9.97 Å². The van der Waals surface area contributed by atoms with Crippen molar-refractivity contribution in [3.63, 3.8) is 0 Å². The van der Waals surface area contributed by atoms with Gasteiger partial charge in [-0.25, -0.2) is 0 Å². The highest BCUT2D eigenvalue weighted by molar-refractivity contribution is 7.25. The predicted molar refractivity (Wildman–Crippen MR) is 189 cm³/mol. The lowest BCUT2D eigenvalue weighted by atomic mass is 10.0. The summed E-state index contributed by atoms with van der Waals surface area (Å²) < 4.78 is 7.39. The van der Waals surface area contributed by atoms with Crippen LogP contribution in [0, 0.1) is 0 Å². The molecule has 0 aliphatic heterocycles. The molecule has 0 aliphatic carbocycles. The number of nitrogens with zero attached hydrogens (tertiary/aromatic N) is 4. The Kier molecular flexibility index (Phi) is 5.12. The van der Waals surface area contributed by atoms with Crippen LogP contribution in [-0.2, 0) is 0 Å². The van der Waals surface area contributed by atoms with Crippen LogP contribution in [-0.4, -0.2) is 19.1 Å². The molecule has 45 heavy (non-hydrogen) atoms. The molecule has 0 saturated heterocycles. The molecule has 10 rings (SSSR count). The zero-order valence-electron chi connectivity index (χ0n) is 24.1. The van der Waals surface area contributed by atoms with Crippen molar-refractivity contribution in [2.75, 3.05) is 0 Å². The van der Waals surface area contributed by atoms with E-state index in [0.717, 1.165) is 44.2 Å². The maximum atomic E-state index is 4.49. The quantitative estimate of drug-likeness (QED) is 0.205. The van der Waals surface area contributed by atoms with E-state index in [2.05, 4.69) is 140 Å². The van der Waals surface area contributed by atoms with Gasteiger partial charge in [-0.15, -0.1) is 11.3 Å². The number of para-hydroxylation sites is 2. The number of pyridine rings is 2. The first-order chi connectivity index (χ1) is 22.3. The van der Waals surface area contributed by atoms with Gasteiger partial charge in [0.25, 0.3) is 0 Å². The van der Waals surface area contributed by atoms with Gasteiger partial charge in [-0.2, -0.15) is 0 Å².